The number of anilines is 2. The van der Waals surface area contributed by atoms with E-state index >= 15 is 0 Å². The molecule has 0 bridgehead atoms. The number of fused-ring (bicyclic) bond motifs is 1. The van der Waals surface area contributed by atoms with Crippen molar-refractivity contribution < 1.29 is 33.8 Å². The minimum atomic E-state index is -0.785. The van der Waals surface area contributed by atoms with Crippen LogP contribution in [0.3, 0.4) is 0 Å². The molecule has 1 aliphatic heterocycles. The molecule has 1 saturated carbocycles. The predicted molar refractivity (Wildman–Crippen MR) is 134 cm³/mol. The summed E-state index contributed by atoms with van der Waals surface area (Å²) >= 11 is 0. The summed E-state index contributed by atoms with van der Waals surface area (Å²) in [5.74, 6) is -0.739. The van der Waals surface area contributed by atoms with E-state index in [1.54, 1.807) is 11.0 Å². The number of ether oxygens (including phenoxy) is 2. The number of halogens is 1. The first-order valence-corrected chi connectivity index (χ1v) is 12.6. The first kappa shape index (κ1) is 26.5. The summed E-state index contributed by atoms with van der Waals surface area (Å²) in [6, 6.07) is 9.62. The highest BCUT2D eigenvalue weighted by Crippen LogP contribution is 2.30. The summed E-state index contributed by atoms with van der Waals surface area (Å²) in [5, 5.41) is 20.8. The number of nitrogens with one attached hydrogen (secondary N) is 3. The van der Waals surface area contributed by atoms with E-state index in [1.165, 1.54) is 18.2 Å². The monoisotopic (exact) mass is 516 g/mol. The molecule has 4 rings (SSSR count). The van der Waals surface area contributed by atoms with Crippen LogP contribution in [0.4, 0.5) is 20.6 Å². The quantitative estimate of drug-likeness (QED) is 0.373. The van der Waals surface area contributed by atoms with Crippen molar-refractivity contribution in [2.24, 2.45) is 5.92 Å². The van der Waals surface area contributed by atoms with E-state index in [0.717, 1.165) is 24.0 Å². The molecule has 1 heterocycles. The largest absolute Gasteiger partial charge is 0.582 e. The lowest BCUT2D eigenvalue weighted by atomic mass is 9.85. The Kier molecular flexibility index (Phi) is 8.67. The smallest absolute Gasteiger partial charge is 0.410 e. The van der Waals surface area contributed by atoms with Gasteiger partial charge in [0.15, 0.2) is 5.82 Å². The maximum absolute atomic E-state index is 14.1. The number of carbonyl (C=O) groups is 2. The fourth-order valence-electron chi connectivity index (χ4n) is 4.85. The molecule has 10 nitrogen and oxygen atoms in total. The first-order chi connectivity index (χ1) is 17.8. The van der Waals surface area contributed by atoms with E-state index in [2.05, 4.69) is 10.9 Å². The lowest BCUT2D eigenvalue weighted by molar-refractivity contribution is -0.799. The van der Waals surface area contributed by atoms with Crippen LogP contribution >= 0.6 is 0 Å². The highest BCUT2D eigenvalue weighted by molar-refractivity contribution is 5.69. The van der Waals surface area contributed by atoms with Crippen molar-refractivity contribution in [2.45, 2.75) is 58.1 Å². The molecule has 200 valence electrons. The number of hydrogen-bond acceptors (Lipinski definition) is 7. The second kappa shape index (κ2) is 12.1. The van der Waals surface area contributed by atoms with Crippen LogP contribution in [0.15, 0.2) is 36.4 Å². The molecule has 1 fully saturated rings. The third kappa shape index (κ3) is 7.23. The highest BCUT2D eigenvalue weighted by Gasteiger charge is 2.28. The number of nitrogens with zero attached hydrogens (tertiary/aromatic N) is 1. The van der Waals surface area contributed by atoms with Gasteiger partial charge in [-0.25, -0.2) is 20.0 Å². The Labute approximate surface area is 214 Å². The van der Waals surface area contributed by atoms with Crippen molar-refractivity contribution in [2.75, 3.05) is 24.0 Å². The molecule has 0 radical (unpaired) electrons. The Bertz CT molecular complexity index is 1110. The van der Waals surface area contributed by atoms with Crippen LogP contribution in [0.1, 0.15) is 50.2 Å². The maximum Gasteiger partial charge on any atom is 0.410 e. The Balaban J connectivity index is 1.28. The van der Waals surface area contributed by atoms with Crippen molar-refractivity contribution in [3.05, 3.63) is 58.5 Å². The molecule has 0 aromatic heterocycles. The number of benzene rings is 2. The second-order valence-electron chi connectivity index (χ2n) is 9.43. The van der Waals surface area contributed by atoms with Gasteiger partial charge in [0.05, 0.1) is 12.3 Å². The Morgan fingerprint density at radius 2 is 1.92 bits per heavy atom. The Morgan fingerprint density at radius 3 is 2.65 bits per heavy atom. The molecule has 1 unspecified atom stereocenters. The number of amides is 1. The number of carbonyl (C=O) groups excluding carboxylic acids is 1. The average molecular weight is 517 g/mol. The van der Waals surface area contributed by atoms with Crippen LogP contribution in [-0.4, -0.2) is 41.3 Å². The highest BCUT2D eigenvalue weighted by atomic mass is 19.1. The second-order valence-corrected chi connectivity index (χ2v) is 9.43. The standard InChI is InChI=1S/C26H33FN4O6/c1-2-36-22-9-10-23(27)24(15-22)29-31(35)28-20-6-5-19-16-30(12-11-18(19)14-20)26(34)37-21-7-3-17(4-8-21)13-25(32)33/h5-6,9-10,14-15,17,21,28-29,31H,2-4,7-8,11-13,16H2,1H3,(H,32,33). The van der Waals surface area contributed by atoms with E-state index in [4.69, 9.17) is 14.6 Å². The molecular formula is C26H33FN4O6. The normalized spacial score (nSPS) is 19.9. The van der Waals surface area contributed by atoms with Gasteiger partial charge in [0, 0.05) is 25.6 Å². The minimum absolute atomic E-state index is 0.0194. The molecule has 37 heavy (non-hydrogen) atoms. The molecule has 11 heteroatoms. The van der Waals surface area contributed by atoms with Crippen LogP contribution in [0.25, 0.3) is 0 Å². The molecule has 4 N–H and O–H groups in total. The van der Waals surface area contributed by atoms with Crippen molar-refractivity contribution in [1.29, 1.82) is 0 Å². The average Bonchev–Trinajstić information content (AvgIpc) is 2.86. The summed E-state index contributed by atoms with van der Waals surface area (Å²) in [7, 11) is 0. The molecule has 0 spiro atoms. The van der Waals surface area contributed by atoms with Gasteiger partial charge in [-0.2, -0.15) is 5.28 Å². The van der Waals surface area contributed by atoms with Crippen LogP contribution in [0, 0.1) is 16.9 Å². The van der Waals surface area contributed by atoms with Gasteiger partial charge in [-0.1, -0.05) is 6.07 Å². The third-order valence-corrected chi connectivity index (χ3v) is 6.76. The molecule has 2 aromatic carbocycles. The number of quaternary nitrogens is 1. The first-order valence-electron chi connectivity index (χ1n) is 12.6. The van der Waals surface area contributed by atoms with Crippen molar-refractivity contribution in [3.63, 3.8) is 0 Å². The maximum atomic E-state index is 14.1. The summed E-state index contributed by atoms with van der Waals surface area (Å²) in [6.45, 7) is 3.14. The SMILES string of the molecule is CCOc1ccc(F)c(N[NH+]([O-])Nc2ccc3c(c2)CCN(C(=O)OC2CCC(CC(=O)O)CC2)C3)c1. The lowest BCUT2D eigenvalue weighted by Crippen LogP contribution is -3.13. The minimum Gasteiger partial charge on any atom is -0.582 e. The fraction of sp³-hybridized carbons (Fsp3) is 0.462. The molecule has 1 atom stereocenters. The summed E-state index contributed by atoms with van der Waals surface area (Å²) < 4.78 is 25.1. The topological polar surface area (TPSA) is 128 Å². The number of carboxylic acid groups (broad SMARTS) is 1. The molecule has 1 aliphatic carbocycles. The van der Waals surface area contributed by atoms with Crippen molar-refractivity contribution in [3.8, 4) is 5.75 Å². The van der Waals surface area contributed by atoms with Crippen LogP contribution < -0.4 is 20.9 Å². The third-order valence-electron chi connectivity index (χ3n) is 6.76. The van der Waals surface area contributed by atoms with E-state index in [0.29, 0.717) is 50.4 Å². The summed E-state index contributed by atoms with van der Waals surface area (Å²) in [6.07, 6.45) is 3.11. The van der Waals surface area contributed by atoms with E-state index < -0.39 is 17.1 Å². The zero-order valence-corrected chi connectivity index (χ0v) is 20.8. The van der Waals surface area contributed by atoms with E-state index in [9.17, 15) is 19.2 Å². The van der Waals surface area contributed by atoms with Gasteiger partial charge < -0.3 is 24.7 Å². The van der Waals surface area contributed by atoms with E-state index in [1.807, 2.05) is 19.1 Å². The summed E-state index contributed by atoms with van der Waals surface area (Å²) in [4.78, 5) is 25.3. The Morgan fingerprint density at radius 1 is 1.14 bits per heavy atom. The predicted octanol–water partition coefficient (Wildman–Crippen LogP) is 3.49. The zero-order chi connectivity index (χ0) is 26.4. The molecule has 0 saturated heterocycles. The Hall–Kier alpha value is -3.57. The van der Waals surface area contributed by atoms with Gasteiger partial charge in [0.2, 0.25) is 0 Å². The number of aliphatic carboxylic acids is 1. The van der Waals surface area contributed by atoms with Gasteiger partial charge in [-0.05, 0) is 80.3 Å². The van der Waals surface area contributed by atoms with Crippen LogP contribution in [0.5, 0.6) is 5.75 Å². The van der Waals surface area contributed by atoms with Crippen LogP contribution in [0.2, 0.25) is 0 Å². The van der Waals surface area contributed by atoms with Gasteiger partial charge in [0.25, 0.3) is 0 Å². The fourth-order valence-corrected chi connectivity index (χ4v) is 4.85. The van der Waals surface area contributed by atoms with E-state index in [-0.39, 0.29) is 30.2 Å². The molecule has 1 amide bonds. The van der Waals surface area contributed by atoms with Gasteiger partial charge in [0.1, 0.15) is 17.5 Å². The van der Waals surface area contributed by atoms with Gasteiger partial charge in [-0.15, -0.1) is 0 Å². The van der Waals surface area contributed by atoms with Crippen molar-refractivity contribution in [1.82, 2.24) is 4.90 Å². The number of rotatable bonds is 9. The van der Waals surface area contributed by atoms with Crippen molar-refractivity contribution >= 4 is 23.4 Å². The number of hydrogen-bond donors (Lipinski definition) is 4. The molecular weight excluding hydrogens is 483 g/mol. The zero-order valence-electron chi connectivity index (χ0n) is 20.8. The van der Waals surface area contributed by atoms with Crippen LogP contribution in [-0.2, 0) is 22.5 Å². The number of carboxylic acids is 1. The summed E-state index contributed by atoms with van der Waals surface area (Å²) in [5.41, 5.74) is 7.79. The van der Waals surface area contributed by atoms with Gasteiger partial charge in [-0.3, -0.25) is 4.79 Å². The lowest BCUT2D eigenvalue weighted by Gasteiger charge is -2.32. The molecule has 2 aromatic rings. The van der Waals surface area contributed by atoms with Gasteiger partial charge >= 0.3 is 12.1 Å². The molecule has 2 aliphatic rings.